The maximum atomic E-state index is 12.7. The van der Waals surface area contributed by atoms with E-state index in [4.69, 9.17) is 5.73 Å². The molecule has 0 bridgehead atoms. The summed E-state index contributed by atoms with van der Waals surface area (Å²) in [6, 6.07) is 3.47. The molecular formula is C14H10Br2N2O2. The molecule has 0 saturated carbocycles. The molecule has 0 saturated heterocycles. The molecule has 0 spiro atoms. The SMILES string of the molecule is Nc1c(O)cc2c(c1Br)C(=O)c1ncc(Br)cc1CC2. The summed E-state index contributed by atoms with van der Waals surface area (Å²) < 4.78 is 1.28. The summed E-state index contributed by atoms with van der Waals surface area (Å²) in [4.78, 5) is 16.9. The highest BCUT2D eigenvalue weighted by atomic mass is 79.9. The quantitative estimate of drug-likeness (QED) is 0.528. The molecule has 1 aromatic heterocycles. The molecular weight excluding hydrogens is 388 g/mol. The summed E-state index contributed by atoms with van der Waals surface area (Å²) >= 11 is 6.68. The second-order valence-electron chi connectivity index (χ2n) is 4.65. The standard InChI is InChI=1S/C14H10Br2N2O2/c15-8-3-7-2-1-6-4-9(19)12(17)11(16)10(6)14(20)13(7)18-5-8/h3-5,19H,1-2,17H2. The van der Waals surface area contributed by atoms with Gasteiger partial charge in [-0.3, -0.25) is 9.78 Å². The van der Waals surface area contributed by atoms with Gasteiger partial charge in [0.15, 0.2) is 0 Å². The Labute approximate surface area is 132 Å². The van der Waals surface area contributed by atoms with Crippen LogP contribution in [0.4, 0.5) is 5.69 Å². The van der Waals surface area contributed by atoms with E-state index in [1.165, 1.54) is 0 Å². The number of rotatable bonds is 0. The Morgan fingerprint density at radius 2 is 1.90 bits per heavy atom. The number of phenols is 1. The number of aromatic nitrogens is 1. The summed E-state index contributed by atoms with van der Waals surface area (Å²) in [7, 11) is 0. The van der Waals surface area contributed by atoms with Gasteiger partial charge in [-0.1, -0.05) is 0 Å². The van der Waals surface area contributed by atoms with Crippen LogP contribution >= 0.6 is 31.9 Å². The maximum absolute atomic E-state index is 12.7. The van der Waals surface area contributed by atoms with Crippen LogP contribution in [0.3, 0.4) is 0 Å². The zero-order valence-electron chi connectivity index (χ0n) is 10.3. The largest absolute Gasteiger partial charge is 0.506 e. The Kier molecular flexibility index (Phi) is 3.30. The number of anilines is 1. The summed E-state index contributed by atoms with van der Waals surface area (Å²) in [6.45, 7) is 0. The van der Waals surface area contributed by atoms with E-state index in [9.17, 15) is 9.90 Å². The molecule has 6 heteroatoms. The normalized spacial score (nSPS) is 13.6. The van der Waals surface area contributed by atoms with Crippen LogP contribution in [-0.2, 0) is 12.8 Å². The van der Waals surface area contributed by atoms with Crippen molar-refractivity contribution in [2.24, 2.45) is 0 Å². The zero-order valence-corrected chi connectivity index (χ0v) is 13.5. The van der Waals surface area contributed by atoms with Gasteiger partial charge in [0.2, 0.25) is 5.78 Å². The van der Waals surface area contributed by atoms with E-state index in [-0.39, 0.29) is 17.2 Å². The summed E-state index contributed by atoms with van der Waals surface area (Å²) in [6.07, 6.45) is 2.95. The Hall–Kier alpha value is -1.40. The maximum Gasteiger partial charge on any atom is 0.213 e. The van der Waals surface area contributed by atoms with Crippen molar-refractivity contribution in [3.8, 4) is 5.75 Å². The molecule has 0 fully saturated rings. The monoisotopic (exact) mass is 396 g/mol. The number of phenolic OH excluding ortho intramolecular Hbond substituents is 1. The number of ketones is 1. The molecule has 1 aromatic carbocycles. The highest BCUT2D eigenvalue weighted by Gasteiger charge is 2.27. The van der Waals surface area contributed by atoms with Crippen LogP contribution in [0.25, 0.3) is 0 Å². The summed E-state index contributed by atoms with van der Waals surface area (Å²) in [5, 5.41) is 9.81. The number of aromatic hydroxyl groups is 1. The number of fused-ring (bicyclic) bond motifs is 2. The second-order valence-corrected chi connectivity index (χ2v) is 6.36. The molecule has 0 unspecified atom stereocenters. The van der Waals surface area contributed by atoms with E-state index in [1.807, 2.05) is 6.07 Å². The number of pyridine rings is 1. The second kappa shape index (κ2) is 4.86. The first-order chi connectivity index (χ1) is 9.49. The minimum Gasteiger partial charge on any atom is -0.506 e. The number of hydrogen-bond acceptors (Lipinski definition) is 4. The number of nitrogens with two attached hydrogens (primary N) is 1. The van der Waals surface area contributed by atoms with Gasteiger partial charge in [-0.15, -0.1) is 0 Å². The number of hydrogen-bond donors (Lipinski definition) is 2. The predicted octanol–water partition coefficient (Wildman–Crippen LogP) is 3.22. The minimum atomic E-state index is -0.168. The number of benzene rings is 1. The van der Waals surface area contributed by atoms with E-state index >= 15 is 0 Å². The van der Waals surface area contributed by atoms with Crippen LogP contribution in [0.15, 0.2) is 27.3 Å². The first-order valence-corrected chi connectivity index (χ1v) is 7.56. The molecule has 102 valence electrons. The van der Waals surface area contributed by atoms with Crippen molar-refractivity contribution in [3.05, 3.63) is 49.7 Å². The van der Waals surface area contributed by atoms with Crippen LogP contribution in [-0.4, -0.2) is 15.9 Å². The number of nitrogens with zero attached hydrogens (tertiary/aromatic N) is 1. The third kappa shape index (κ3) is 2.03. The van der Waals surface area contributed by atoms with E-state index in [0.717, 1.165) is 15.6 Å². The number of carbonyl (C=O) groups is 1. The molecule has 2 aromatic rings. The Bertz CT molecular complexity index is 744. The Balaban J connectivity index is 2.27. The van der Waals surface area contributed by atoms with E-state index in [2.05, 4.69) is 36.8 Å². The molecule has 0 amide bonds. The third-order valence-electron chi connectivity index (χ3n) is 3.40. The molecule has 3 rings (SSSR count). The third-order valence-corrected chi connectivity index (χ3v) is 4.66. The molecule has 20 heavy (non-hydrogen) atoms. The molecule has 4 nitrogen and oxygen atoms in total. The van der Waals surface area contributed by atoms with E-state index < -0.39 is 0 Å². The van der Waals surface area contributed by atoms with Crippen molar-refractivity contribution in [1.82, 2.24) is 4.98 Å². The predicted molar refractivity (Wildman–Crippen MR) is 83.0 cm³/mol. The highest BCUT2D eigenvalue weighted by molar-refractivity contribution is 9.11. The van der Waals surface area contributed by atoms with Crippen molar-refractivity contribution >= 4 is 43.3 Å². The van der Waals surface area contributed by atoms with Gasteiger partial charge in [0.05, 0.1) is 10.2 Å². The molecule has 0 aliphatic heterocycles. The molecule has 3 N–H and O–H groups in total. The van der Waals surface area contributed by atoms with Crippen molar-refractivity contribution in [2.45, 2.75) is 12.8 Å². The lowest BCUT2D eigenvalue weighted by Gasteiger charge is -2.11. The first-order valence-electron chi connectivity index (χ1n) is 5.98. The lowest BCUT2D eigenvalue weighted by Crippen LogP contribution is -2.09. The fourth-order valence-electron chi connectivity index (χ4n) is 2.41. The summed E-state index contributed by atoms with van der Waals surface area (Å²) in [5.41, 5.74) is 8.58. The Morgan fingerprint density at radius 1 is 1.20 bits per heavy atom. The fourth-order valence-corrected chi connectivity index (χ4v) is 3.43. The van der Waals surface area contributed by atoms with Crippen LogP contribution < -0.4 is 5.73 Å². The van der Waals surface area contributed by atoms with Crippen molar-refractivity contribution in [2.75, 3.05) is 5.73 Å². The minimum absolute atomic E-state index is 0.0106. The van der Waals surface area contributed by atoms with E-state index in [1.54, 1.807) is 12.3 Å². The van der Waals surface area contributed by atoms with Gasteiger partial charge in [-0.05, 0) is 68.0 Å². The molecule has 1 aliphatic rings. The van der Waals surface area contributed by atoms with Crippen LogP contribution in [0.2, 0.25) is 0 Å². The van der Waals surface area contributed by atoms with Gasteiger partial charge in [-0.2, -0.15) is 0 Å². The lowest BCUT2D eigenvalue weighted by atomic mass is 10.0. The number of halogens is 2. The van der Waals surface area contributed by atoms with Crippen LogP contribution in [0.5, 0.6) is 5.75 Å². The van der Waals surface area contributed by atoms with Gasteiger partial charge < -0.3 is 10.8 Å². The molecule has 0 atom stereocenters. The lowest BCUT2D eigenvalue weighted by molar-refractivity contribution is 0.103. The number of nitrogen functional groups attached to an aromatic ring is 1. The zero-order chi connectivity index (χ0) is 14.4. The summed E-state index contributed by atoms with van der Waals surface area (Å²) in [5.74, 6) is -0.179. The van der Waals surface area contributed by atoms with Gasteiger partial charge in [0, 0.05) is 16.2 Å². The van der Waals surface area contributed by atoms with Gasteiger partial charge in [0.25, 0.3) is 0 Å². The highest BCUT2D eigenvalue weighted by Crippen LogP contribution is 2.38. The van der Waals surface area contributed by atoms with Crippen molar-refractivity contribution in [3.63, 3.8) is 0 Å². The number of carbonyl (C=O) groups excluding carboxylic acids is 1. The van der Waals surface area contributed by atoms with Gasteiger partial charge in [0.1, 0.15) is 11.4 Å². The van der Waals surface area contributed by atoms with Gasteiger partial charge in [-0.25, -0.2) is 0 Å². The van der Waals surface area contributed by atoms with E-state index in [0.29, 0.717) is 28.6 Å². The van der Waals surface area contributed by atoms with Crippen LogP contribution in [0.1, 0.15) is 27.2 Å². The molecule has 1 heterocycles. The van der Waals surface area contributed by atoms with Crippen molar-refractivity contribution < 1.29 is 9.90 Å². The molecule has 0 radical (unpaired) electrons. The smallest absolute Gasteiger partial charge is 0.213 e. The average molecular weight is 398 g/mol. The van der Waals surface area contributed by atoms with Crippen LogP contribution in [0, 0.1) is 0 Å². The van der Waals surface area contributed by atoms with Crippen molar-refractivity contribution in [1.29, 1.82) is 0 Å². The van der Waals surface area contributed by atoms with Gasteiger partial charge >= 0.3 is 0 Å². The first kappa shape index (κ1) is 13.6. The topological polar surface area (TPSA) is 76.2 Å². The average Bonchev–Trinajstić information content (AvgIpc) is 2.54. The Morgan fingerprint density at radius 3 is 2.65 bits per heavy atom. The molecule has 1 aliphatic carbocycles. The number of aryl methyl sites for hydroxylation is 2. The fraction of sp³-hybridized carbons (Fsp3) is 0.143.